The first-order valence-electron chi connectivity index (χ1n) is 5.12. The third-order valence-electron chi connectivity index (χ3n) is 2.18. The molecule has 17 heavy (non-hydrogen) atoms. The molecular weight excluding hydrogens is 254 g/mol. The number of halogens is 1. The van der Waals surface area contributed by atoms with Crippen LogP contribution in [0.15, 0.2) is 29.6 Å². The number of nitrogens with one attached hydrogen (secondary N) is 1. The molecule has 2 aromatic rings. The van der Waals surface area contributed by atoms with E-state index in [4.69, 9.17) is 16.9 Å². The van der Waals surface area contributed by atoms with Crippen LogP contribution in [-0.4, -0.2) is 11.5 Å². The summed E-state index contributed by atoms with van der Waals surface area (Å²) in [7, 11) is 0. The smallest absolute Gasteiger partial charge is 0.132 e. The van der Waals surface area contributed by atoms with E-state index in [2.05, 4.69) is 21.7 Å². The van der Waals surface area contributed by atoms with Gasteiger partial charge in [-0.1, -0.05) is 17.7 Å². The minimum atomic E-state index is 0.336. The molecule has 0 atom stereocenters. The molecule has 86 valence electrons. The Labute approximate surface area is 109 Å². The molecule has 0 radical (unpaired) electrons. The van der Waals surface area contributed by atoms with Gasteiger partial charge >= 0.3 is 0 Å². The van der Waals surface area contributed by atoms with Crippen molar-refractivity contribution in [3.05, 3.63) is 45.2 Å². The predicted octanol–water partition coefficient (Wildman–Crippen LogP) is 3.32. The molecule has 0 aliphatic heterocycles. The highest BCUT2D eigenvalue weighted by Gasteiger charge is 2.00. The van der Waals surface area contributed by atoms with Crippen LogP contribution in [-0.2, 0) is 6.42 Å². The molecule has 0 saturated carbocycles. The number of thiophene rings is 1. The lowest BCUT2D eigenvalue weighted by molar-refractivity contribution is 1.03. The highest BCUT2D eigenvalue weighted by atomic mass is 35.5. The summed E-state index contributed by atoms with van der Waals surface area (Å²) in [5.74, 6) is 0.644. The number of nitrogens with zero attached hydrogens (tertiary/aromatic N) is 2. The number of nitriles is 1. The van der Waals surface area contributed by atoms with E-state index in [9.17, 15) is 0 Å². The summed E-state index contributed by atoms with van der Waals surface area (Å²) in [5.41, 5.74) is 0.517. The molecule has 0 aliphatic rings. The molecule has 0 fully saturated rings. The maximum atomic E-state index is 8.80. The monoisotopic (exact) mass is 263 g/mol. The molecule has 5 heteroatoms. The van der Waals surface area contributed by atoms with Crippen LogP contribution in [0.2, 0.25) is 5.15 Å². The third kappa shape index (κ3) is 3.45. The molecule has 0 unspecified atom stereocenters. The molecule has 0 amide bonds. The van der Waals surface area contributed by atoms with Crippen molar-refractivity contribution in [1.82, 2.24) is 4.98 Å². The first-order chi connectivity index (χ1) is 8.28. The Morgan fingerprint density at radius 2 is 2.35 bits per heavy atom. The minimum Gasteiger partial charge on any atom is -0.370 e. The molecule has 0 aliphatic carbocycles. The summed E-state index contributed by atoms with van der Waals surface area (Å²) in [5, 5.41) is 14.4. The van der Waals surface area contributed by atoms with E-state index in [0.29, 0.717) is 16.5 Å². The van der Waals surface area contributed by atoms with Crippen LogP contribution in [0.25, 0.3) is 0 Å². The SMILES string of the molecule is N#Cc1cc(Cl)nc(NCCc2cccs2)c1. The Balaban J connectivity index is 1.95. The molecule has 3 nitrogen and oxygen atoms in total. The molecule has 2 heterocycles. The predicted molar refractivity (Wildman–Crippen MR) is 70.5 cm³/mol. The van der Waals surface area contributed by atoms with Crippen molar-refractivity contribution in [3.8, 4) is 6.07 Å². The first-order valence-corrected chi connectivity index (χ1v) is 6.37. The molecule has 2 rings (SSSR count). The van der Waals surface area contributed by atoms with E-state index in [1.165, 1.54) is 4.88 Å². The first kappa shape index (κ1) is 11.9. The highest BCUT2D eigenvalue weighted by molar-refractivity contribution is 7.09. The summed E-state index contributed by atoms with van der Waals surface area (Å²) in [6, 6.07) is 9.42. The number of aromatic nitrogens is 1. The second-order valence-electron chi connectivity index (χ2n) is 3.43. The van der Waals surface area contributed by atoms with E-state index >= 15 is 0 Å². The molecule has 0 aromatic carbocycles. The summed E-state index contributed by atoms with van der Waals surface area (Å²) in [6.07, 6.45) is 0.938. The third-order valence-corrected chi connectivity index (χ3v) is 3.31. The van der Waals surface area contributed by atoms with Gasteiger partial charge in [-0.05, 0) is 30.0 Å². The fourth-order valence-corrected chi connectivity index (χ4v) is 2.34. The van der Waals surface area contributed by atoms with Crippen molar-refractivity contribution in [2.45, 2.75) is 6.42 Å². The van der Waals surface area contributed by atoms with Gasteiger partial charge in [-0.25, -0.2) is 4.98 Å². The summed E-state index contributed by atoms with van der Waals surface area (Å²) < 4.78 is 0. The fraction of sp³-hybridized carbons (Fsp3) is 0.167. The zero-order valence-electron chi connectivity index (χ0n) is 8.98. The van der Waals surface area contributed by atoms with Crippen molar-refractivity contribution >= 4 is 28.8 Å². The maximum Gasteiger partial charge on any atom is 0.132 e. The van der Waals surface area contributed by atoms with Crippen molar-refractivity contribution in [1.29, 1.82) is 5.26 Å². The van der Waals surface area contributed by atoms with Crippen molar-refractivity contribution in [2.75, 3.05) is 11.9 Å². The van der Waals surface area contributed by atoms with Gasteiger partial charge in [-0.3, -0.25) is 0 Å². The molecule has 0 saturated heterocycles. The Morgan fingerprint density at radius 3 is 3.06 bits per heavy atom. The van der Waals surface area contributed by atoms with Crippen LogP contribution < -0.4 is 5.32 Å². The average Bonchev–Trinajstić information content (AvgIpc) is 2.81. The Kier molecular flexibility index (Phi) is 3.97. The average molecular weight is 264 g/mol. The second kappa shape index (κ2) is 5.67. The number of hydrogen-bond donors (Lipinski definition) is 1. The van der Waals surface area contributed by atoms with E-state index in [1.54, 1.807) is 23.5 Å². The Bertz CT molecular complexity index is 531. The van der Waals surface area contributed by atoms with Gasteiger partial charge in [0.1, 0.15) is 11.0 Å². The van der Waals surface area contributed by atoms with E-state index in [-0.39, 0.29) is 0 Å². The lowest BCUT2D eigenvalue weighted by atomic mass is 10.3. The zero-order valence-corrected chi connectivity index (χ0v) is 10.6. The number of pyridine rings is 1. The standard InChI is InChI=1S/C12H10ClN3S/c13-11-6-9(8-14)7-12(16-11)15-4-3-10-2-1-5-17-10/h1-2,5-7H,3-4H2,(H,15,16). The van der Waals surface area contributed by atoms with Gasteiger partial charge in [0, 0.05) is 11.4 Å². The maximum absolute atomic E-state index is 8.80. The largest absolute Gasteiger partial charge is 0.370 e. The van der Waals surface area contributed by atoms with Crippen molar-refractivity contribution < 1.29 is 0 Å². The quantitative estimate of drug-likeness (QED) is 0.861. The molecule has 0 bridgehead atoms. The Morgan fingerprint density at radius 1 is 1.47 bits per heavy atom. The summed E-state index contributed by atoms with van der Waals surface area (Å²) >= 11 is 7.54. The van der Waals surface area contributed by atoms with Gasteiger partial charge in [0.25, 0.3) is 0 Å². The van der Waals surface area contributed by atoms with E-state index in [0.717, 1.165) is 13.0 Å². The van der Waals surface area contributed by atoms with E-state index < -0.39 is 0 Å². The fourth-order valence-electron chi connectivity index (χ4n) is 1.42. The summed E-state index contributed by atoms with van der Waals surface area (Å²) in [6.45, 7) is 0.777. The van der Waals surface area contributed by atoms with E-state index in [1.807, 2.05) is 12.1 Å². The van der Waals surface area contributed by atoms with Crippen molar-refractivity contribution in [2.24, 2.45) is 0 Å². The van der Waals surface area contributed by atoms with Gasteiger partial charge in [0.05, 0.1) is 11.6 Å². The molecular formula is C12H10ClN3S. The minimum absolute atomic E-state index is 0.336. The number of anilines is 1. The molecule has 0 spiro atoms. The van der Waals surface area contributed by atoms with Crippen LogP contribution >= 0.6 is 22.9 Å². The van der Waals surface area contributed by atoms with Crippen LogP contribution in [0.3, 0.4) is 0 Å². The highest BCUT2D eigenvalue weighted by Crippen LogP contribution is 2.14. The zero-order chi connectivity index (χ0) is 12.1. The molecule has 2 aromatic heterocycles. The van der Waals surface area contributed by atoms with Crippen LogP contribution in [0.5, 0.6) is 0 Å². The Hall–Kier alpha value is -1.57. The van der Waals surface area contributed by atoms with Gasteiger partial charge in [0.2, 0.25) is 0 Å². The number of hydrogen-bond acceptors (Lipinski definition) is 4. The lowest BCUT2D eigenvalue weighted by Gasteiger charge is -2.05. The van der Waals surface area contributed by atoms with Gasteiger partial charge in [0.15, 0.2) is 0 Å². The second-order valence-corrected chi connectivity index (χ2v) is 4.85. The summed E-state index contributed by atoms with van der Waals surface area (Å²) in [4.78, 5) is 5.43. The van der Waals surface area contributed by atoms with Crippen LogP contribution in [0, 0.1) is 11.3 Å². The number of rotatable bonds is 4. The van der Waals surface area contributed by atoms with Gasteiger partial charge < -0.3 is 5.32 Å². The van der Waals surface area contributed by atoms with Crippen LogP contribution in [0.1, 0.15) is 10.4 Å². The lowest BCUT2D eigenvalue weighted by Crippen LogP contribution is -2.05. The topological polar surface area (TPSA) is 48.7 Å². The van der Waals surface area contributed by atoms with Gasteiger partial charge in [-0.15, -0.1) is 11.3 Å². The van der Waals surface area contributed by atoms with Gasteiger partial charge in [-0.2, -0.15) is 5.26 Å². The van der Waals surface area contributed by atoms with Crippen molar-refractivity contribution in [3.63, 3.8) is 0 Å². The normalized spacial score (nSPS) is 9.88. The molecule has 1 N–H and O–H groups in total. The van der Waals surface area contributed by atoms with Crippen LogP contribution in [0.4, 0.5) is 5.82 Å².